The van der Waals surface area contributed by atoms with Gasteiger partial charge < -0.3 is 10.5 Å². The highest BCUT2D eigenvalue weighted by Gasteiger charge is 2.58. The second kappa shape index (κ2) is 4.46. The molecule has 0 spiro atoms. The molecule has 110 valence electrons. The van der Waals surface area contributed by atoms with Crippen LogP contribution in [0.1, 0.15) is 5.69 Å². The lowest BCUT2D eigenvalue weighted by Crippen LogP contribution is -2.41. The molecule has 2 aromatic rings. The van der Waals surface area contributed by atoms with Crippen LogP contribution in [-0.2, 0) is 0 Å². The van der Waals surface area contributed by atoms with Crippen molar-refractivity contribution < 1.29 is 26.7 Å². The summed E-state index contributed by atoms with van der Waals surface area (Å²) >= 11 is 0. The fraction of sp³-hybridized carbons (Fsp3) is 0.400. The molecule has 20 heavy (non-hydrogen) atoms. The van der Waals surface area contributed by atoms with Crippen LogP contribution in [-0.4, -0.2) is 33.3 Å². The number of anilines is 1. The zero-order valence-corrected chi connectivity index (χ0v) is 10.1. The maximum atomic E-state index is 12.8. The minimum atomic E-state index is -5.68. The van der Waals surface area contributed by atoms with Crippen LogP contribution >= 0.6 is 0 Å². The molecule has 0 aliphatic heterocycles. The quantitative estimate of drug-likeness (QED) is 0.882. The molecule has 0 saturated heterocycles. The molecule has 0 saturated carbocycles. The van der Waals surface area contributed by atoms with E-state index < -0.39 is 18.7 Å². The third kappa shape index (κ3) is 2.45. The van der Waals surface area contributed by atoms with Gasteiger partial charge in [0, 0.05) is 5.69 Å². The maximum absolute atomic E-state index is 12.8. The number of alkyl halides is 5. The zero-order chi connectivity index (χ0) is 15.1. The first-order chi connectivity index (χ1) is 9.12. The molecule has 2 rings (SSSR count). The first kappa shape index (κ1) is 14.3. The van der Waals surface area contributed by atoms with Gasteiger partial charge in [-0.05, 0) is 19.1 Å². The van der Waals surface area contributed by atoms with E-state index in [-0.39, 0.29) is 17.3 Å². The molecular formula is C10H9F5N4O. The molecule has 0 bridgehead atoms. The Labute approximate surface area is 109 Å². The van der Waals surface area contributed by atoms with Gasteiger partial charge >= 0.3 is 12.1 Å². The van der Waals surface area contributed by atoms with Gasteiger partial charge in [0.15, 0.2) is 18.0 Å². The molecule has 0 aliphatic carbocycles. The normalized spacial score (nSPS) is 12.9. The summed E-state index contributed by atoms with van der Waals surface area (Å²) < 4.78 is 67.4. The number of aromatic nitrogens is 3. The minimum Gasteiger partial charge on any atom is -0.483 e. The summed E-state index contributed by atoms with van der Waals surface area (Å²) in [5.74, 6) is -5.36. The van der Waals surface area contributed by atoms with E-state index in [9.17, 15) is 22.0 Å². The standard InChI is InChI=1S/C10H9F5N4O/c1-5-2-3-6(7-17-8(16)18-19(5)7)20-4-9(11,12)10(13,14)15/h2-3H,4H2,1H3,(H2,16,18). The summed E-state index contributed by atoms with van der Waals surface area (Å²) in [6.07, 6.45) is -5.68. The van der Waals surface area contributed by atoms with Crippen molar-refractivity contribution in [3.8, 4) is 5.75 Å². The number of fused-ring (bicyclic) bond motifs is 1. The third-order valence-electron chi connectivity index (χ3n) is 2.48. The predicted molar refractivity (Wildman–Crippen MR) is 58.6 cm³/mol. The lowest BCUT2D eigenvalue weighted by Gasteiger charge is -2.19. The molecule has 0 atom stereocenters. The summed E-state index contributed by atoms with van der Waals surface area (Å²) in [5.41, 5.74) is 5.89. The van der Waals surface area contributed by atoms with E-state index in [1.807, 2.05) is 0 Å². The number of halogens is 5. The Bertz CT molecular complexity index is 636. The van der Waals surface area contributed by atoms with Crippen LogP contribution in [0.4, 0.5) is 27.9 Å². The van der Waals surface area contributed by atoms with Crippen LogP contribution in [0.25, 0.3) is 5.65 Å². The average molecular weight is 296 g/mol. The van der Waals surface area contributed by atoms with Crippen molar-refractivity contribution in [1.82, 2.24) is 14.6 Å². The second-order valence-corrected chi connectivity index (χ2v) is 4.04. The highest BCUT2D eigenvalue weighted by molar-refractivity contribution is 5.56. The molecule has 0 aromatic carbocycles. The number of hydrogen-bond donors (Lipinski definition) is 1. The Kier molecular flexibility index (Phi) is 3.18. The number of nitrogens with zero attached hydrogens (tertiary/aromatic N) is 3. The number of aryl methyl sites for hydroxylation is 1. The number of ether oxygens (including phenoxy) is 1. The van der Waals surface area contributed by atoms with Gasteiger partial charge in [0.1, 0.15) is 0 Å². The van der Waals surface area contributed by atoms with E-state index in [0.29, 0.717) is 5.69 Å². The molecule has 5 nitrogen and oxygen atoms in total. The molecular weight excluding hydrogens is 287 g/mol. The van der Waals surface area contributed by atoms with E-state index in [4.69, 9.17) is 5.73 Å². The molecule has 0 amide bonds. The Morgan fingerprint density at radius 1 is 1.25 bits per heavy atom. The SMILES string of the molecule is Cc1ccc(OCC(F)(F)C(F)(F)F)c2nc(N)nn12. The molecule has 2 N–H and O–H groups in total. The largest absolute Gasteiger partial charge is 0.483 e. The lowest BCUT2D eigenvalue weighted by atomic mass is 10.3. The first-order valence-corrected chi connectivity index (χ1v) is 5.31. The zero-order valence-electron chi connectivity index (χ0n) is 10.1. The van der Waals surface area contributed by atoms with Gasteiger partial charge in [-0.3, -0.25) is 0 Å². The summed E-state index contributed by atoms with van der Waals surface area (Å²) in [4.78, 5) is 3.72. The van der Waals surface area contributed by atoms with Gasteiger partial charge in [-0.2, -0.15) is 26.9 Å². The Morgan fingerprint density at radius 3 is 2.50 bits per heavy atom. The Hall–Kier alpha value is -2.13. The van der Waals surface area contributed by atoms with Gasteiger partial charge in [0.2, 0.25) is 5.95 Å². The van der Waals surface area contributed by atoms with Crippen LogP contribution in [0.5, 0.6) is 5.75 Å². The first-order valence-electron chi connectivity index (χ1n) is 5.31. The second-order valence-electron chi connectivity index (χ2n) is 4.04. The molecule has 2 aromatic heterocycles. The summed E-state index contributed by atoms with van der Waals surface area (Å²) in [5, 5.41) is 3.76. The number of nitrogens with two attached hydrogens (primary N) is 1. The van der Waals surface area contributed by atoms with Gasteiger partial charge in [-0.1, -0.05) is 0 Å². The summed E-state index contributed by atoms with van der Waals surface area (Å²) in [7, 11) is 0. The number of pyridine rings is 1. The topological polar surface area (TPSA) is 65.4 Å². The molecule has 0 fully saturated rings. The average Bonchev–Trinajstić information content (AvgIpc) is 2.69. The fourth-order valence-corrected chi connectivity index (χ4v) is 1.44. The smallest absolute Gasteiger partial charge is 0.456 e. The Balaban J connectivity index is 2.29. The van der Waals surface area contributed by atoms with Gasteiger partial charge in [-0.15, -0.1) is 5.10 Å². The molecule has 0 radical (unpaired) electrons. The van der Waals surface area contributed by atoms with Crippen molar-refractivity contribution in [2.24, 2.45) is 0 Å². The molecule has 0 aliphatic rings. The van der Waals surface area contributed by atoms with Gasteiger partial charge in [0.25, 0.3) is 0 Å². The predicted octanol–water partition coefficient (Wildman–Crippen LogP) is 2.20. The van der Waals surface area contributed by atoms with E-state index in [2.05, 4.69) is 14.8 Å². The monoisotopic (exact) mass is 296 g/mol. The number of nitrogen functional groups attached to an aromatic ring is 1. The van der Waals surface area contributed by atoms with Crippen molar-refractivity contribution in [2.45, 2.75) is 19.0 Å². The van der Waals surface area contributed by atoms with Crippen molar-refractivity contribution in [1.29, 1.82) is 0 Å². The van der Waals surface area contributed by atoms with Crippen molar-refractivity contribution in [3.63, 3.8) is 0 Å². The van der Waals surface area contributed by atoms with E-state index >= 15 is 0 Å². The Morgan fingerprint density at radius 2 is 1.90 bits per heavy atom. The van der Waals surface area contributed by atoms with Crippen LogP contribution in [0.2, 0.25) is 0 Å². The fourth-order valence-electron chi connectivity index (χ4n) is 1.44. The number of rotatable bonds is 3. The van der Waals surface area contributed by atoms with Gasteiger partial charge in [0.05, 0.1) is 0 Å². The van der Waals surface area contributed by atoms with E-state index in [1.54, 1.807) is 6.92 Å². The third-order valence-corrected chi connectivity index (χ3v) is 2.48. The number of hydrogen-bond acceptors (Lipinski definition) is 4. The molecule has 2 heterocycles. The lowest BCUT2D eigenvalue weighted by molar-refractivity contribution is -0.289. The highest BCUT2D eigenvalue weighted by Crippen LogP contribution is 2.36. The van der Waals surface area contributed by atoms with Crippen LogP contribution in [0.3, 0.4) is 0 Å². The highest BCUT2D eigenvalue weighted by atomic mass is 19.4. The van der Waals surface area contributed by atoms with Gasteiger partial charge in [-0.25, -0.2) is 4.52 Å². The van der Waals surface area contributed by atoms with Crippen LogP contribution < -0.4 is 10.5 Å². The summed E-state index contributed by atoms with van der Waals surface area (Å²) in [6.45, 7) is -0.211. The van der Waals surface area contributed by atoms with Crippen LogP contribution in [0, 0.1) is 6.92 Å². The van der Waals surface area contributed by atoms with Crippen molar-refractivity contribution in [2.75, 3.05) is 12.3 Å². The van der Waals surface area contributed by atoms with Crippen LogP contribution in [0.15, 0.2) is 12.1 Å². The summed E-state index contributed by atoms with van der Waals surface area (Å²) in [6, 6.07) is 2.66. The van der Waals surface area contributed by atoms with E-state index in [1.165, 1.54) is 16.6 Å². The van der Waals surface area contributed by atoms with Crippen molar-refractivity contribution in [3.05, 3.63) is 17.8 Å². The van der Waals surface area contributed by atoms with Crippen molar-refractivity contribution >= 4 is 11.6 Å². The van der Waals surface area contributed by atoms with E-state index in [0.717, 1.165) is 0 Å². The maximum Gasteiger partial charge on any atom is 0.456 e. The molecule has 10 heteroatoms. The minimum absolute atomic E-state index is 0.0273. The molecule has 0 unspecified atom stereocenters.